The van der Waals surface area contributed by atoms with Gasteiger partial charge < -0.3 is 10.3 Å². The van der Waals surface area contributed by atoms with Crippen molar-refractivity contribution in [2.75, 3.05) is 5.84 Å². The van der Waals surface area contributed by atoms with Crippen molar-refractivity contribution < 1.29 is 4.42 Å². The molecule has 5 nitrogen and oxygen atoms in total. The van der Waals surface area contributed by atoms with E-state index >= 15 is 0 Å². The van der Waals surface area contributed by atoms with Crippen molar-refractivity contribution in [2.45, 2.75) is 10.9 Å². The molecule has 0 saturated carbocycles. The monoisotopic (exact) mass is 350 g/mol. The van der Waals surface area contributed by atoms with E-state index in [2.05, 4.69) is 32.2 Å². The Morgan fingerprint density at radius 3 is 2.80 bits per heavy atom. The van der Waals surface area contributed by atoms with E-state index in [1.807, 2.05) is 18.2 Å². The van der Waals surface area contributed by atoms with Gasteiger partial charge in [0.1, 0.15) is 0 Å². The summed E-state index contributed by atoms with van der Waals surface area (Å²) in [6.45, 7) is 0. The molecule has 0 atom stereocenters. The summed E-state index contributed by atoms with van der Waals surface area (Å²) in [5.41, 5.74) is 1.18. The highest BCUT2D eigenvalue weighted by Crippen LogP contribution is 2.27. The minimum absolute atomic E-state index is 0.518. The summed E-state index contributed by atoms with van der Waals surface area (Å²) >= 11 is 5.05. The van der Waals surface area contributed by atoms with E-state index in [1.165, 1.54) is 22.0 Å². The number of halogens is 1. The first-order valence-corrected chi connectivity index (χ1v) is 7.64. The number of nitrogens with two attached hydrogens (primary N) is 1. The van der Waals surface area contributed by atoms with Gasteiger partial charge in [0.2, 0.25) is 11.0 Å². The van der Waals surface area contributed by atoms with Crippen LogP contribution in [0.3, 0.4) is 0 Å². The molecule has 3 aromatic rings. The lowest BCUT2D eigenvalue weighted by Crippen LogP contribution is -2.11. The summed E-state index contributed by atoms with van der Waals surface area (Å²) in [4.78, 5) is 0. The van der Waals surface area contributed by atoms with E-state index in [0.717, 1.165) is 10.2 Å². The van der Waals surface area contributed by atoms with Crippen LogP contribution < -0.4 is 5.84 Å². The Morgan fingerprint density at radius 2 is 2.05 bits per heavy atom. The zero-order chi connectivity index (χ0) is 13.9. The molecule has 1 aromatic carbocycles. The third-order valence-electron chi connectivity index (χ3n) is 2.72. The maximum atomic E-state index is 6.00. The fraction of sp³-hybridized carbons (Fsp3) is 0.0769. The molecule has 0 spiro atoms. The van der Waals surface area contributed by atoms with Gasteiger partial charge in [0.25, 0.3) is 0 Å². The van der Waals surface area contributed by atoms with Crippen LogP contribution in [0.4, 0.5) is 0 Å². The molecule has 0 saturated heterocycles. The van der Waals surface area contributed by atoms with Crippen molar-refractivity contribution >= 4 is 27.7 Å². The van der Waals surface area contributed by atoms with Gasteiger partial charge in [-0.1, -0.05) is 45.9 Å². The van der Waals surface area contributed by atoms with Gasteiger partial charge in [-0.15, -0.1) is 10.2 Å². The minimum atomic E-state index is 0.518. The van der Waals surface area contributed by atoms with Gasteiger partial charge in [0.15, 0.2) is 5.76 Å². The smallest absolute Gasteiger partial charge is 0.218 e. The number of nitrogen functional groups attached to an aromatic ring is 1. The number of nitrogens with zero attached hydrogens (tertiary/aromatic N) is 3. The average molecular weight is 351 g/mol. The van der Waals surface area contributed by atoms with Gasteiger partial charge in [-0.2, -0.15) is 0 Å². The van der Waals surface area contributed by atoms with E-state index in [4.69, 9.17) is 10.3 Å². The third kappa shape index (κ3) is 2.59. The van der Waals surface area contributed by atoms with E-state index < -0.39 is 0 Å². The molecule has 0 aliphatic carbocycles. The van der Waals surface area contributed by atoms with Crippen LogP contribution >= 0.6 is 27.7 Å². The maximum absolute atomic E-state index is 6.00. The summed E-state index contributed by atoms with van der Waals surface area (Å²) in [5.74, 6) is 7.88. The number of benzene rings is 1. The third-order valence-corrected chi connectivity index (χ3v) is 4.49. The molecule has 0 radical (unpaired) electrons. The molecule has 2 N–H and O–H groups in total. The lowest BCUT2D eigenvalue weighted by Gasteiger charge is -2.04. The van der Waals surface area contributed by atoms with Crippen LogP contribution in [0.1, 0.15) is 5.56 Å². The quantitative estimate of drug-likeness (QED) is 0.577. The number of furan rings is 1. The molecule has 0 amide bonds. The largest absolute Gasteiger partial charge is 0.461 e. The molecule has 102 valence electrons. The van der Waals surface area contributed by atoms with E-state index in [9.17, 15) is 0 Å². The summed E-state index contributed by atoms with van der Waals surface area (Å²) in [7, 11) is 0. The normalized spacial score (nSPS) is 10.8. The Morgan fingerprint density at radius 1 is 1.20 bits per heavy atom. The number of hydrogen-bond acceptors (Lipinski definition) is 5. The molecule has 0 unspecified atom stereocenters. The first-order valence-electron chi connectivity index (χ1n) is 5.86. The average Bonchev–Trinajstić information content (AvgIpc) is 3.08. The summed E-state index contributed by atoms with van der Waals surface area (Å²) in [6.07, 6.45) is 1.58. The van der Waals surface area contributed by atoms with Crippen molar-refractivity contribution in [3.8, 4) is 11.6 Å². The van der Waals surface area contributed by atoms with Crippen molar-refractivity contribution in [1.82, 2.24) is 14.9 Å². The van der Waals surface area contributed by atoms with Gasteiger partial charge in [-0.05, 0) is 23.8 Å². The molecule has 3 rings (SSSR count). The van der Waals surface area contributed by atoms with Crippen LogP contribution in [0.5, 0.6) is 0 Å². The van der Waals surface area contributed by atoms with Crippen LogP contribution in [-0.2, 0) is 5.75 Å². The highest BCUT2D eigenvalue weighted by atomic mass is 79.9. The van der Waals surface area contributed by atoms with Gasteiger partial charge >= 0.3 is 0 Å². The molecule has 2 heterocycles. The molecule has 0 bridgehead atoms. The first kappa shape index (κ1) is 13.3. The summed E-state index contributed by atoms with van der Waals surface area (Å²) in [5, 5.41) is 8.79. The number of hydrogen-bond donors (Lipinski definition) is 1. The van der Waals surface area contributed by atoms with E-state index in [-0.39, 0.29) is 0 Å². The predicted molar refractivity (Wildman–Crippen MR) is 81.6 cm³/mol. The topological polar surface area (TPSA) is 69.9 Å². The predicted octanol–water partition coefficient (Wildman–Crippen LogP) is 3.31. The summed E-state index contributed by atoms with van der Waals surface area (Å²) < 4.78 is 7.79. The molecule has 20 heavy (non-hydrogen) atoms. The zero-order valence-electron chi connectivity index (χ0n) is 10.4. The van der Waals surface area contributed by atoms with Gasteiger partial charge in [0.05, 0.1) is 6.26 Å². The molecular formula is C13H11BrN4OS. The highest BCUT2D eigenvalue weighted by Gasteiger charge is 2.14. The molecule has 0 fully saturated rings. The van der Waals surface area contributed by atoms with Gasteiger partial charge in [0, 0.05) is 10.2 Å². The lowest BCUT2D eigenvalue weighted by molar-refractivity contribution is 0.574. The number of aromatic nitrogens is 3. The van der Waals surface area contributed by atoms with Gasteiger partial charge in [-0.25, -0.2) is 4.68 Å². The zero-order valence-corrected chi connectivity index (χ0v) is 12.8. The Balaban J connectivity index is 1.78. The van der Waals surface area contributed by atoms with Crippen LogP contribution in [0, 0.1) is 0 Å². The second-order valence-electron chi connectivity index (χ2n) is 4.03. The second kappa shape index (κ2) is 5.72. The molecule has 0 aliphatic rings. The SMILES string of the molecule is Nn1c(SCc2ccccc2Br)nnc1-c1ccco1. The van der Waals surface area contributed by atoms with E-state index in [0.29, 0.717) is 16.7 Å². The van der Waals surface area contributed by atoms with Crippen LogP contribution in [0.15, 0.2) is 56.7 Å². The van der Waals surface area contributed by atoms with Crippen LogP contribution in [-0.4, -0.2) is 14.9 Å². The Kier molecular flexibility index (Phi) is 3.79. The molecule has 0 aliphatic heterocycles. The Labute approximate surface area is 128 Å². The lowest BCUT2D eigenvalue weighted by atomic mass is 10.2. The Bertz CT molecular complexity index is 711. The van der Waals surface area contributed by atoms with Crippen LogP contribution in [0.25, 0.3) is 11.6 Å². The number of thioether (sulfide) groups is 1. The molecular weight excluding hydrogens is 340 g/mol. The highest BCUT2D eigenvalue weighted by molar-refractivity contribution is 9.10. The summed E-state index contributed by atoms with van der Waals surface area (Å²) in [6, 6.07) is 11.6. The van der Waals surface area contributed by atoms with Crippen molar-refractivity contribution in [1.29, 1.82) is 0 Å². The van der Waals surface area contributed by atoms with Crippen molar-refractivity contribution in [3.05, 3.63) is 52.7 Å². The molecule has 2 aromatic heterocycles. The second-order valence-corrected chi connectivity index (χ2v) is 5.83. The maximum Gasteiger partial charge on any atom is 0.218 e. The number of rotatable bonds is 4. The first-order chi connectivity index (χ1) is 9.75. The van der Waals surface area contributed by atoms with Crippen molar-refractivity contribution in [2.24, 2.45) is 0 Å². The van der Waals surface area contributed by atoms with Crippen molar-refractivity contribution in [3.63, 3.8) is 0 Å². The van der Waals surface area contributed by atoms with E-state index in [1.54, 1.807) is 18.4 Å². The minimum Gasteiger partial charge on any atom is -0.461 e. The standard InChI is InChI=1S/C13H11BrN4OS/c14-10-5-2-1-4-9(10)8-20-13-17-16-12(18(13)15)11-6-3-7-19-11/h1-7H,8,15H2. The Hall–Kier alpha value is -1.73. The molecule has 7 heteroatoms. The fourth-order valence-electron chi connectivity index (χ4n) is 1.71. The fourth-order valence-corrected chi connectivity index (χ4v) is 3.18. The van der Waals surface area contributed by atoms with Crippen LogP contribution in [0.2, 0.25) is 0 Å². The van der Waals surface area contributed by atoms with Gasteiger partial charge in [-0.3, -0.25) is 0 Å².